The molecule has 0 unspecified atom stereocenters. The van der Waals surface area contributed by atoms with Crippen molar-refractivity contribution in [3.05, 3.63) is 39.9 Å². The number of rotatable bonds is 1. The molecule has 2 heterocycles. The molecule has 0 saturated carbocycles. The molecule has 0 radical (unpaired) electrons. The Morgan fingerprint density at radius 1 is 1.53 bits per heavy atom. The van der Waals surface area contributed by atoms with E-state index >= 15 is 0 Å². The minimum atomic E-state index is -0.178. The van der Waals surface area contributed by atoms with E-state index in [1.807, 2.05) is 0 Å². The van der Waals surface area contributed by atoms with Crippen molar-refractivity contribution in [3.8, 4) is 0 Å². The molecule has 2 N–H and O–H groups in total. The van der Waals surface area contributed by atoms with E-state index in [1.54, 1.807) is 24.6 Å². The Bertz CT molecular complexity index is 580. The van der Waals surface area contributed by atoms with Crippen molar-refractivity contribution in [1.29, 1.82) is 0 Å². The maximum Gasteiger partial charge on any atom is 0.269 e. The van der Waals surface area contributed by atoms with Crippen molar-refractivity contribution in [2.24, 2.45) is 0 Å². The van der Waals surface area contributed by atoms with Gasteiger partial charge in [-0.1, -0.05) is 0 Å². The van der Waals surface area contributed by atoms with Gasteiger partial charge in [-0.2, -0.15) is 0 Å². The van der Waals surface area contributed by atoms with Crippen molar-refractivity contribution in [3.63, 3.8) is 0 Å². The van der Waals surface area contributed by atoms with Crippen LogP contribution in [0.4, 0.5) is 0 Å². The predicted molar refractivity (Wildman–Crippen MR) is 56.1 cm³/mol. The lowest BCUT2D eigenvalue weighted by Crippen LogP contribution is -2.20. The highest BCUT2D eigenvalue weighted by molar-refractivity contribution is 5.94. The third-order valence-electron chi connectivity index (χ3n) is 2.28. The second-order valence-corrected chi connectivity index (χ2v) is 3.30. The second-order valence-electron chi connectivity index (χ2n) is 3.30. The number of imidazole rings is 1. The summed E-state index contributed by atoms with van der Waals surface area (Å²) in [4.78, 5) is 25.7. The lowest BCUT2D eigenvalue weighted by molar-refractivity contribution is 0.0956. The summed E-state index contributed by atoms with van der Waals surface area (Å²) in [5.41, 5.74) is 1.80. The highest BCUT2D eigenvalue weighted by atomic mass is 16.1. The van der Waals surface area contributed by atoms with Gasteiger partial charge in [0.15, 0.2) is 5.43 Å². The molecule has 5 heteroatoms. The fraction of sp³-hybridized carbons (Fsp3) is 0.200. The maximum atomic E-state index is 11.6. The van der Waals surface area contributed by atoms with Crippen molar-refractivity contribution in [2.75, 3.05) is 7.05 Å². The molecule has 2 aromatic heterocycles. The fourth-order valence-electron chi connectivity index (χ4n) is 1.60. The zero-order valence-corrected chi connectivity index (χ0v) is 8.50. The number of hydrogen-bond acceptors (Lipinski definition) is 2. The van der Waals surface area contributed by atoms with Gasteiger partial charge >= 0.3 is 0 Å². The Morgan fingerprint density at radius 2 is 2.27 bits per heavy atom. The van der Waals surface area contributed by atoms with Gasteiger partial charge in [0.2, 0.25) is 0 Å². The van der Waals surface area contributed by atoms with E-state index in [1.165, 1.54) is 12.1 Å². The van der Waals surface area contributed by atoms with E-state index < -0.39 is 0 Å². The van der Waals surface area contributed by atoms with Crippen molar-refractivity contribution in [2.45, 2.75) is 6.92 Å². The van der Waals surface area contributed by atoms with E-state index in [4.69, 9.17) is 0 Å². The summed E-state index contributed by atoms with van der Waals surface area (Å²) in [5.74, 6) is -0.178. The normalized spacial score (nSPS) is 10.5. The van der Waals surface area contributed by atoms with Gasteiger partial charge < -0.3 is 10.3 Å². The van der Waals surface area contributed by atoms with Crippen LogP contribution in [0, 0.1) is 6.92 Å². The Balaban J connectivity index is 2.79. The molecule has 1 amide bonds. The molecule has 5 nitrogen and oxygen atoms in total. The maximum absolute atomic E-state index is 11.6. The van der Waals surface area contributed by atoms with E-state index in [2.05, 4.69) is 10.3 Å². The van der Waals surface area contributed by atoms with E-state index in [9.17, 15) is 9.59 Å². The highest BCUT2D eigenvalue weighted by Gasteiger charge is 2.13. The first-order valence-corrected chi connectivity index (χ1v) is 4.56. The fourth-order valence-corrected chi connectivity index (χ4v) is 1.60. The number of carbonyl (C=O) groups is 1. The van der Waals surface area contributed by atoms with Gasteiger partial charge in [-0.15, -0.1) is 0 Å². The topological polar surface area (TPSA) is 66.4 Å². The molecule has 0 saturated heterocycles. The molecule has 0 atom stereocenters. The van der Waals surface area contributed by atoms with Crippen molar-refractivity contribution < 1.29 is 4.79 Å². The molecule has 0 fully saturated rings. The van der Waals surface area contributed by atoms with Gasteiger partial charge in [-0.3, -0.25) is 14.0 Å². The van der Waals surface area contributed by atoms with Crippen molar-refractivity contribution >= 4 is 11.6 Å². The highest BCUT2D eigenvalue weighted by Crippen LogP contribution is 2.09. The van der Waals surface area contributed by atoms with Crippen LogP contribution in [-0.4, -0.2) is 22.3 Å². The molecule has 15 heavy (non-hydrogen) atoms. The molecule has 0 aromatic carbocycles. The van der Waals surface area contributed by atoms with Gasteiger partial charge in [-0.05, 0) is 6.92 Å². The van der Waals surface area contributed by atoms with Gasteiger partial charge in [0.05, 0.1) is 0 Å². The molecular weight excluding hydrogens is 194 g/mol. The van der Waals surface area contributed by atoms with Gasteiger partial charge in [-0.25, -0.2) is 0 Å². The Morgan fingerprint density at radius 3 is 2.93 bits per heavy atom. The Labute approximate surface area is 85.7 Å². The van der Waals surface area contributed by atoms with Crippen LogP contribution in [0.1, 0.15) is 16.2 Å². The van der Waals surface area contributed by atoms with E-state index in [0.717, 1.165) is 5.69 Å². The summed E-state index contributed by atoms with van der Waals surface area (Å²) in [6, 6.07) is 2.88. The quantitative estimate of drug-likeness (QED) is 0.703. The summed E-state index contributed by atoms with van der Waals surface area (Å²) >= 11 is 0. The van der Waals surface area contributed by atoms with Crippen LogP contribution in [0.15, 0.2) is 23.1 Å². The first-order valence-electron chi connectivity index (χ1n) is 4.56. The SMILES string of the molecule is CNC(=O)c1c(C)[nH]c2cc(=O)ccn12. The monoisotopic (exact) mass is 205 g/mol. The standard InChI is InChI=1S/C10H11N3O2/c1-6-9(10(15)11-2)13-4-3-7(14)5-8(13)12-6/h3-5,12H,1-2H3,(H,11,15). The average Bonchev–Trinajstić information content (AvgIpc) is 2.52. The third kappa shape index (κ3) is 1.41. The van der Waals surface area contributed by atoms with Gasteiger partial charge in [0.25, 0.3) is 5.91 Å². The zero-order valence-electron chi connectivity index (χ0n) is 8.50. The van der Waals surface area contributed by atoms with Crippen LogP contribution in [0.5, 0.6) is 0 Å². The number of fused-ring (bicyclic) bond motifs is 1. The smallest absolute Gasteiger partial charge is 0.269 e. The number of H-pyrrole nitrogens is 1. The number of aromatic nitrogens is 2. The van der Waals surface area contributed by atoms with Gasteiger partial charge in [0.1, 0.15) is 11.3 Å². The van der Waals surface area contributed by atoms with E-state index in [-0.39, 0.29) is 11.3 Å². The Kier molecular flexibility index (Phi) is 2.07. The van der Waals surface area contributed by atoms with Gasteiger partial charge in [0, 0.05) is 31.1 Å². The number of pyridine rings is 1. The number of nitrogens with zero attached hydrogens (tertiary/aromatic N) is 1. The van der Waals surface area contributed by atoms with Crippen LogP contribution >= 0.6 is 0 Å². The summed E-state index contributed by atoms with van der Waals surface area (Å²) in [6.07, 6.45) is 1.59. The minimum Gasteiger partial charge on any atom is -0.354 e. The second kappa shape index (κ2) is 3.27. The third-order valence-corrected chi connectivity index (χ3v) is 2.28. The molecule has 78 valence electrons. The lowest BCUT2D eigenvalue weighted by atomic mass is 10.3. The first-order chi connectivity index (χ1) is 7.13. The van der Waals surface area contributed by atoms with Crippen LogP contribution < -0.4 is 10.7 Å². The number of aryl methyl sites for hydroxylation is 1. The molecule has 0 bridgehead atoms. The minimum absolute atomic E-state index is 0.0836. The zero-order chi connectivity index (χ0) is 11.0. The lowest BCUT2D eigenvalue weighted by Gasteiger charge is -2.00. The predicted octanol–water partition coefficient (Wildman–Crippen LogP) is 0.296. The molecule has 0 aliphatic rings. The number of amides is 1. The average molecular weight is 205 g/mol. The number of hydrogen-bond donors (Lipinski definition) is 2. The number of aromatic amines is 1. The van der Waals surface area contributed by atoms with Crippen molar-refractivity contribution in [1.82, 2.24) is 14.7 Å². The first kappa shape index (κ1) is 9.51. The molecule has 0 aliphatic carbocycles. The summed E-state index contributed by atoms with van der Waals surface area (Å²) in [7, 11) is 1.57. The summed E-state index contributed by atoms with van der Waals surface area (Å²) in [6.45, 7) is 1.79. The summed E-state index contributed by atoms with van der Waals surface area (Å²) in [5, 5.41) is 2.56. The molecule has 2 rings (SSSR count). The van der Waals surface area contributed by atoms with Crippen LogP contribution in [0.25, 0.3) is 5.65 Å². The Hall–Kier alpha value is -2.04. The van der Waals surface area contributed by atoms with E-state index in [0.29, 0.717) is 11.3 Å². The van der Waals surface area contributed by atoms with Crippen LogP contribution in [-0.2, 0) is 0 Å². The molecule has 2 aromatic rings. The van der Waals surface area contributed by atoms with Crippen LogP contribution in [0.2, 0.25) is 0 Å². The number of carbonyl (C=O) groups excluding carboxylic acids is 1. The molecule has 0 spiro atoms. The summed E-state index contributed by atoms with van der Waals surface area (Å²) < 4.78 is 1.66. The largest absolute Gasteiger partial charge is 0.354 e. The molecule has 0 aliphatic heterocycles. The molecular formula is C10H11N3O2. The number of nitrogens with one attached hydrogen (secondary N) is 2. The van der Waals surface area contributed by atoms with Crippen LogP contribution in [0.3, 0.4) is 0 Å².